The van der Waals surface area contributed by atoms with Crippen molar-refractivity contribution in [2.75, 3.05) is 0 Å². The second-order valence-electron chi connectivity index (χ2n) is 5.27. The fourth-order valence-corrected chi connectivity index (χ4v) is 3.29. The smallest absolute Gasteiger partial charge is 0.225 e. The number of aryl methyl sites for hydroxylation is 1. The van der Waals surface area contributed by atoms with Gasteiger partial charge in [0.05, 0.1) is 4.90 Å². The van der Waals surface area contributed by atoms with Crippen molar-refractivity contribution < 1.29 is 16.8 Å². The molecule has 0 heterocycles. The van der Waals surface area contributed by atoms with Crippen molar-refractivity contribution in [1.29, 1.82) is 0 Å². The molecule has 0 aromatic heterocycles. The van der Waals surface area contributed by atoms with Crippen LogP contribution in [0.5, 0.6) is 0 Å². The summed E-state index contributed by atoms with van der Waals surface area (Å²) in [4.78, 5) is -0.0607. The van der Waals surface area contributed by atoms with Crippen molar-refractivity contribution in [1.82, 2.24) is 4.72 Å². The average molecular weight is 366 g/mol. The summed E-state index contributed by atoms with van der Waals surface area (Å²) in [6.07, 6.45) is 1.49. The number of sulfonamides is 2. The minimum atomic E-state index is -3.82. The van der Waals surface area contributed by atoms with E-state index in [1.54, 1.807) is 6.07 Å². The maximum absolute atomic E-state index is 12.0. The van der Waals surface area contributed by atoms with Crippen molar-refractivity contribution >= 4 is 26.1 Å². The topological polar surface area (TPSA) is 106 Å². The summed E-state index contributed by atoms with van der Waals surface area (Å²) in [6, 6.07) is 13.2. The van der Waals surface area contributed by atoms with Gasteiger partial charge in [0.25, 0.3) is 0 Å². The lowest BCUT2D eigenvalue weighted by Gasteiger charge is -2.05. The minimum Gasteiger partial charge on any atom is -0.225 e. The molecule has 0 atom stereocenters. The second-order valence-corrected chi connectivity index (χ2v) is 8.48. The van der Waals surface area contributed by atoms with Gasteiger partial charge in [0.2, 0.25) is 20.0 Å². The zero-order valence-electron chi connectivity index (χ0n) is 13.0. The van der Waals surface area contributed by atoms with Crippen LogP contribution in [0.3, 0.4) is 0 Å². The summed E-state index contributed by atoms with van der Waals surface area (Å²) in [5.41, 5.74) is 2.35. The quantitative estimate of drug-likeness (QED) is 0.812. The van der Waals surface area contributed by atoms with Crippen molar-refractivity contribution in [3.8, 4) is 0 Å². The molecule has 0 fully saturated rings. The predicted octanol–water partition coefficient (Wildman–Crippen LogP) is 1.73. The Balaban J connectivity index is 2.06. The van der Waals surface area contributed by atoms with E-state index in [-0.39, 0.29) is 11.4 Å². The van der Waals surface area contributed by atoms with Gasteiger partial charge in [0.1, 0.15) is 0 Å². The van der Waals surface area contributed by atoms with Crippen LogP contribution in [0.1, 0.15) is 16.7 Å². The lowest BCUT2D eigenvalue weighted by atomic mass is 10.2. The van der Waals surface area contributed by atoms with Gasteiger partial charge in [-0.15, -0.1) is 0 Å². The molecule has 2 aromatic carbocycles. The lowest BCUT2D eigenvalue weighted by Crippen LogP contribution is -2.21. The van der Waals surface area contributed by atoms with Gasteiger partial charge in [-0.1, -0.05) is 42.0 Å². The molecule has 0 unspecified atom stereocenters. The van der Waals surface area contributed by atoms with E-state index in [1.807, 2.05) is 31.2 Å². The number of hydrogen-bond acceptors (Lipinski definition) is 4. The van der Waals surface area contributed by atoms with Crippen LogP contribution < -0.4 is 9.86 Å². The molecule has 0 aliphatic carbocycles. The van der Waals surface area contributed by atoms with Crippen LogP contribution in [0.2, 0.25) is 0 Å². The molecule has 0 bridgehead atoms. The molecular formula is C16H18N2O4S2. The summed E-state index contributed by atoms with van der Waals surface area (Å²) >= 11 is 0. The van der Waals surface area contributed by atoms with Gasteiger partial charge in [-0.2, -0.15) is 0 Å². The Hall–Kier alpha value is -2.00. The van der Waals surface area contributed by atoms with E-state index in [0.29, 0.717) is 5.56 Å². The molecule has 8 heteroatoms. The Labute approximate surface area is 142 Å². The molecule has 0 saturated carbocycles. The Kier molecular flexibility index (Phi) is 5.55. The third-order valence-electron chi connectivity index (χ3n) is 3.22. The van der Waals surface area contributed by atoms with Gasteiger partial charge < -0.3 is 0 Å². The maximum Gasteiger partial charge on any atom is 0.238 e. The molecule has 6 nitrogen and oxygen atoms in total. The highest BCUT2D eigenvalue weighted by molar-refractivity contribution is 7.92. The highest BCUT2D eigenvalue weighted by atomic mass is 32.2. The zero-order valence-corrected chi connectivity index (χ0v) is 14.6. The first-order chi connectivity index (χ1) is 11.2. The summed E-state index contributed by atoms with van der Waals surface area (Å²) in [5, 5.41) is 6.12. The van der Waals surface area contributed by atoms with Crippen LogP contribution in [0.4, 0.5) is 0 Å². The molecule has 128 valence electrons. The number of nitrogens with two attached hydrogens (primary N) is 1. The normalized spacial score (nSPS) is 12.6. The summed E-state index contributed by atoms with van der Waals surface area (Å²) < 4.78 is 49.0. The van der Waals surface area contributed by atoms with Crippen LogP contribution in [0.15, 0.2) is 58.8 Å². The molecule has 2 rings (SSSR count). The van der Waals surface area contributed by atoms with Crippen molar-refractivity contribution in [2.45, 2.75) is 18.4 Å². The number of rotatable bonds is 6. The summed E-state index contributed by atoms with van der Waals surface area (Å²) in [6.45, 7) is 1.91. The molecule has 0 aliphatic rings. The third-order valence-corrected chi connectivity index (χ3v) is 5.17. The first-order valence-electron chi connectivity index (χ1n) is 7.02. The van der Waals surface area contributed by atoms with Crippen LogP contribution in [0, 0.1) is 6.92 Å². The number of primary sulfonamides is 1. The van der Waals surface area contributed by atoms with Gasteiger partial charge in [0.15, 0.2) is 0 Å². The van der Waals surface area contributed by atoms with Gasteiger partial charge in [-0.25, -0.2) is 26.7 Å². The predicted molar refractivity (Wildman–Crippen MR) is 93.8 cm³/mol. The van der Waals surface area contributed by atoms with E-state index < -0.39 is 20.0 Å². The average Bonchev–Trinajstić information content (AvgIpc) is 2.52. The standard InChI is InChI=1S/C16H18N2O4S2/c1-13-5-7-14(8-6-13)9-10-23(19,20)18-12-15-3-2-4-16(11-15)24(17,21)22/h2-11,18H,12H2,1H3,(H2,17,21,22). The van der Waals surface area contributed by atoms with E-state index >= 15 is 0 Å². The van der Waals surface area contributed by atoms with Crippen molar-refractivity contribution in [3.05, 3.63) is 70.6 Å². The van der Waals surface area contributed by atoms with Crippen LogP contribution in [0.25, 0.3) is 6.08 Å². The van der Waals surface area contributed by atoms with Crippen LogP contribution in [-0.2, 0) is 26.6 Å². The van der Waals surface area contributed by atoms with Crippen molar-refractivity contribution in [3.63, 3.8) is 0 Å². The van der Waals surface area contributed by atoms with E-state index in [0.717, 1.165) is 16.5 Å². The molecule has 0 amide bonds. The number of benzene rings is 2. The Bertz CT molecular complexity index is 948. The van der Waals surface area contributed by atoms with Crippen LogP contribution in [-0.4, -0.2) is 16.8 Å². The molecule has 2 aromatic rings. The van der Waals surface area contributed by atoms with Gasteiger partial charge in [0, 0.05) is 12.0 Å². The monoisotopic (exact) mass is 366 g/mol. The van der Waals surface area contributed by atoms with Gasteiger partial charge in [-0.3, -0.25) is 0 Å². The maximum atomic E-state index is 12.0. The third kappa shape index (κ3) is 5.57. The minimum absolute atomic E-state index is 0.0378. The number of nitrogens with one attached hydrogen (secondary N) is 1. The highest BCUT2D eigenvalue weighted by Crippen LogP contribution is 2.10. The molecule has 0 saturated heterocycles. The molecule has 0 radical (unpaired) electrons. The van der Waals surface area contributed by atoms with Crippen LogP contribution >= 0.6 is 0 Å². The number of hydrogen-bond donors (Lipinski definition) is 2. The lowest BCUT2D eigenvalue weighted by molar-refractivity contribution is 0.590. The first-order valence-corrected chi connectivity index (χ1v) is 10.1. The zero-order chi connectivity index (χ0) is 17.8. The Morgan fingerprint density at radius 2 is 1.71 bits per heavy atom. The largest absolute Gasteiger partial charge is 0.238 e. The van der Waals surface area contributed by atoms with Gasteiger partial charge >= 0.3 is 0 Å². The van der Waals surface area contributed by atoms with Crippen molar-refractivity contribution in [2.24, 2.45) is 5.14 Å². The van der Waals surface area contributed by atoms with E-state index in [9.17, 15) is 16.8 Å². The van der Waals surface area contributed by atoms with E-state index in [1.165, 1.54) is 24.3 Å². The molecular weight excluding hydrogens is 348 g/mol. The van der Waals surface area contributed by atoms with E-state index in [4.69, 9.17) is 5.14 Å². The first kappa shape index (κ1) is 18.3. The highest BCUT2D eigenvalue weighted by Gasteiger charge is 2.09. The molecule has 0 aliphatic heterocycles. The fraction of sp³-hybridized carbons (Fsp3) is 0.125. The Morgan fingerprint density at radius 3 is 2.33 bits per heavy atom. The summed E-state index contributed by atoms with van der Waals surface area (Å²) in [5.74, 6) is 0. The van der Waals surface area contributed by atoms with Gasteiger partial charge in [-0.05, 0) is 36.3 Å². The fourth-order valence-electron chi connectivity index (χ4n) is 1.91. The molecule has 0 spiro atoms. The molecule has 3 N–H and O–H groups in total. The SMILES string of the molecule is Cc1ccc(C=CS(=O)(=O)NCc2cccc(S(N)(=O)=O)c2)cc1. The second kappa shape index (κ2) is 7.27. The van der Waals surface area contributed by atoms with E-state index in [2.05, 4.69) is 4.72 Å². The molecule has 24 heavy (non-hydrogen) atoms. The Morgan fingerprint density at radius 1 is 1.04 bits per heavy atom. The summed E-state index contributed by atoms with van der Waals surface area (Å²) in [7, 11) is -7.47.